The Bertz CT molecular complexity index is 871. The van der Waals surface area contributed by atoms with Crippen molar-refractivity contribution in [2.75, 3.05) is 24.3 Å². The first-order valence-corrected chi connectivity index (χ1v) is 8.67. The number of amides is 1. The van der Waals surface area contributed by atoms with E-state index in [4.69, 9.17) is 0 Å². The molecule has 25 heavy (non-hydrogen) atoms. The highest BCUT2D eigenvalue weighted by Crippen LogP contribution is 2.17. The summed E-state index contributed by atoms with van der Waals surface area (Å²) in [6.45, 7) is 0.591. The fourth-order valence-electron chi connectivity index (χ4n) is 2.44. The van der Waals surface area contributed by atoms with Crippen LogP contribution < -0.4 is 10.2 Å². The van der Waals surface area contributed by atoms with Crippen molar-refractivity contribution >= 4 is 33.3 Å². The second-order valence-electron chi connectivity index (χ2n) is 5.90. The fraction of sp³-hybridized carbons (Fsp3) is 0.158. The van der Waals surface area contributed by atoms with Crippen molar-refractivity contribution in [2.45, 2.75) is 6.54 Å². The van der Waals surface area contributed by atoms with Crippen LogP contribution in [0.25, 0.3) is 0 Å². The van der Waals surface area contributed by atoms with Crippen molar-refractivity contribution in [3.63, 3.8) is 0 Å². The Hall–Kier alpha value is -2.60. The van der Waals surface area contributed by atoms with Gasteiger partial charge in [-0.3, -0.25) is 4.79 Å². The van der Waals surface area contributed by atoms with Gasteiger partial charge in [0.15, 0.2) is 0 Å². The van der Waals surface area contributed by atoms with Crippen LogP contribution in [-0.2, 0) is 6.54 Å². The van der Waals surface area contributed by atoms with Gasteiger partial charge >= 0.3 is 0 Å². The first-order chi connectivity index (χ1) is 12.0. The third kappa shape index (κ3) is 4.28. The van der Waals surface area contributed by atoms with E-state index in [-0.39, 0.29) is 5.91 Å². The molecule has 2 aromatic carbocycles. The van der Waals surface area contributed by atoms with Gasteiger partial charge in [-0.05, 0) is 35.9 Å². The third-order valence-electron chi connectivity index (χ3n) is 3.83. The van der Waals surface area contributed by atoms with Crippen molar-refractivity contribution in [1.29, 1.82) is 0 Å². The molecule has 1 aromatic heterocycles. The van der Waals surface area contributed by atoms with Crippen molar-refractivity contribution in [2.24, 2.45) is 0 Å². The number of carbonyl (C=O) groups is 1. The molecule has 0 fully saturated rings. The molecule has 0 radical (unpaired) electrons. The van der Waals surface area contributed by atoms with E-state index in [0.29, 0.717) is 17.9 Å². The lowest BCUT2D eigenvalue weighted by molar-refractivity contribution is 0.102. The molecule has 5 nitrogen and oxygen atoms in total. The van der Waals surface area contributed by atoms with Gasteiger partial charge in [0.1, 0.15) is 5.82 Å². The summed E-state index contributed by atoms with van der Waals surface area (Å²) in [5.41, 5.74) is 2.70. The Balaban J connectivity index is 1.75. The lowest BCUT2D eigenvalue weighted by Gasteiger charge is -2.14. The van der Waals surface area contributed by atoms with E-state index in [2.05, 4.69) is 26.3 Å². The molecule has 0 atom stereocenters. The zero-order valence-corrected chi connectivity index (χ0v) is 15.7. The maximum Gasteiger partial charge on any atom is 0.256 e. The monoisotopic (exact) mass is 398 g/mol. The molecule has 1 N–H and O–H groups in total. The number of hydrogen-bond acceptors (Lipinski definition) is 3. The molecule has 1 amide bonds. The fourth-order valence-corrected chi connectivity index (χ4v) is 2.71. The second kappa shape index (κ2) is 7.53. The second-order valence-corrected chi connectivity index (χ2v) is 6.82. The molecule has 6 heteroatoms. The molecule has 0 spiro atoms. The van der Waals surface area contributed by atoms with Crippen LogP contribution in [0.3, 0.4) is 0 Å². The van der Waals surface area contributed by atoms with Crippen LogP contribution >= 0.6 is 15.9 Å². The van der Waals surface area contributed by atoms with Crippen LogP contribution in [0.1, 0.15) is 15.9 Å². The quantitative estimate of drug-likeness (QED) is 0.705. The Morgan fingerprint density at radius 3 is 2.64 bits per heavy atom. The minimum absolute atomic E-state index is 0.152. The molecule has 1 heterocycles. The van der Waals surface area contributed by atoms with Gasteiger partial charge < -0.3 is 10.2 Å². The summed E-state index contributed by atoms with van der Waals surface area (Å²) in [6.07, 6.45) is 1.69. The Labute approximate surface area is 155 Å². The van der Waals surface area contributed by atoms with Crippen LogP contribution in [0.15, 0.2) is 65.3 Å². The van der Waals surface area contributed by atoms with E-state index < -0.39 is 0 Å². The van der Waals surface area contributed by atoms with E-state index in [0.717, 1.165) is 15.7 Å². The molecule has 3 aromatic rings. The van der Waals surface area contributed by atoms with E-state index in [9.17, 15) is 4.79 Å². The number of nitrogens with one attached hydrogen (secondary N) is 1. The largest absolute Gasteiger partial charge is 0.378 e. The predicted octanol–water partition coefficient (Wildman–Crippen LogP) is 4.01. The van der Waals surface area contributed by atoms with Crippen molar-refractivity contribution < 1.29 is 4.79 Å². The zero-order valence-electron chi connectivity index (χ0n) is 14.1. The number of hydrogen-bond donors (Lipinski definition) is 1. The Morgan fingerprint density at radius 2 is 1.92 bits per heavy atom. The van der Waals surface area contributed by atoms with E-state index >= 15 is 0 Å². The SMILES string of the molecule is CN(C)c1cccc(C(=O)Nc2ccnn2Cc2ccc(Br)cc2)c1. The van der Waals surface area contributed by atoms with Crippen LogP contribution in [0.2, 0.25) is 0 Å². The third-order valence-corrected chi connectivity index (χ3v) is 4.36. The molecule has 0 aliphatic rings. The molecule has 0 bridgehead atoms. The lowest BCUT2D eigenvalue weighted by atomic mass is 10.2. The maximum atomic E-state index is 12.6. The summed E-state index contributed by atoms with van der Waals surface area (Å²) in [7, 11) is 3.90. The normalized spacial score (nSPS) is 10.5. The maximum absolute atomic E-state index is 12.6. The summed E-state index contributed by atoms with van der Waals surface area (Å²) < 4.78 is 2.81. The van der Waals surface area contributed by atoms with E-state index in [1.54, 1.807) is 23.0 Å². The van der Waals surface area contributed by atoms with Gasteiger partial charge in [-0.2, -0.15) is 5.10 Å². The molecule has 0 unspecified atom stereocenters. The number of nitrogens with zero attached hydrogens (tertiary/aromatic N) is 3. The molecule has 0 saturated heterocycles. The van der Waals surface area contributed by atoms with Crippen molar-refractivity contribution in [3.8, 4) is 0 Å². The van der Waals surface area contributed by atoms with Crippen molar-refractivity contribution in [1.82, 2.24) is 9.78 Å². The van der Waals surface area contributed by atoms with Gasteiger partial charge in [-0.25, -0.2) is 4.68 Å². The average Bonchev–Trinajstić information content (AvgIpc) is 3.03. The summed E-state index contributed by atoms with van der Waals surface area (Å²) >= 11 is 3.43. The summed E-state index contributed by atoms with van der Waals surface area (Å²) in [5.74, 6) is 0.518. The van der Waals surface area contributed by atoms with Gasteiger partial charge in [-0.15, -0.1) is 0 Å². The summed E-state index contributed by atoms with van der Waals surface area (Å²) in [4.78, 5) is 14.5. The van der Waals surface area contributed by atoms with E-state index in [1.807, 2.05) is 61.5 Å². The number of halogens is 1. The molecule has 128 valence electrons. The molecular weight excluding hydrogens is 380 g/mol. The highest BCUT2D eigenvalue weighted by atomic mass is 79.9. The number of rotatable bonds is 5. The number of benzene rings is 2. The summed E-state index contributed by atoms with van der Waals surface area (Å²) in [5, 5.41) is 7.25. The molecular formula is C19H19BrN4O. The lowest BCUT2D eigenvalue weighted by Crippen LogP contribution is -2.17. The molecule has 0 aliphatic heterocycles. The van der Waals surface area contributed by atoms with Crippen LogP contribution in [0.4, 0.5) is 11.5 Å². The highest BCUT2D eigenvalue weighted by Gasteiger charge is 2.11. The molecule has 0 saturated carbocycles. The number of anilines is 2. The minimum Gasteiger partial charge on any atom is -0.378 e. The minimum atomic E-state index is -0.152. The average molecular weight is 399 g/mol. The van der Waals surface area contributed by atoms with Gasteiger partial charge in [0.25, 0.3) is 5.91 Å². The Morgan fingerprint density at radius 1 is 1.16 bits per heavy atom. The first kappa shape index (κ1) is 17.2. The number of aromatic nitrogens is 2. The van der Waals surface area contributed by atoms with Crippen molar-refractivity contribution in [3.05, 3.63) is 76.4 Å². The van der Waals surface area contributed by atoms with Gasteiger partial charge in [0.05, 0.1) is 12.7 Å². The summed E-state index contributed by atoms with van der Waals surface area (Å²) in [6, 6.07) is 17.3. The van der Waals surface area contributed by atoms with Crippen LogP contribution in [0.5, 0.6) is 0 Å². The van der Waals surface area contributed by atoms with Gasteiger partial charge in [0, 0.05) is 35.9 Å². The zero-order chi connectivity index (χ0) is 17.8. The molecule has 0 aliphatic carbocycles. The topological polar surface area (TPSA) is 50.2 Å². The number of carbonyl (C=O) groups excluding carboxylic acids is 1. The standard InChI is InChI=1S/C19H19BrN4O/c1-23(2)17-5-3-4-15(12-17)19(25)22-18-10-11-21-24(18)13-14-6-8-16(20)9-7-14/h3-12H,13H2,1-2H3,(H,22,25). The molecule has 3 rings (SSSR count). The predicted molar refractivity (Wildman–Crippen MR) is 104 cm³/mol. The van der Waals surface area contributed by atoms with Gasteiger partial charge in [-0.1, -0.05) is 34.1 Å². The van der Waals surface area contributed by atoms with E-state index in [1.165, 1.54) is 0 Å². The van der Waals surface area contributed by atoms with Crippen LogP contribution in [0, 0.1) is 0 Å². The Kier molecular flexibility index (Phi) is 5.19. The highest BCUT2D eigenvalue weighted by molar-refractivity contribution is 9.10. The van der Waals surface area contributed by atoms with Crippen LogP contribution in [-0.4, -0.2) is 29.8 Å². The van der Waals surface area contributed by atoms with Gasteiger partial charge in [0.2, 0.25) is 0 Å². The smallest absolute Gasteiger partial charge is 0.256 e. The first-order valence-electron chi connectivity index (χ1n) is 7.88.